The van der Waals surface area contributed by atoms with E-state index in [1.807, 2.05) is 45.3 Å². The highest BCUT2D eigenvalue weighted by Gasteiger charge is 2.48. The van der Waals surface area contributed by atoms with Crippen LogP contribution < -0.4 is 9.00 Å². The molecule has 0 saturated heterocycles. The van der Waals surface area contributed by atoms with Gasteiger partial charge in [-0.1, -0.05) is 308 Å². The van der Waals surface area contributed by atoms with Gasteiger partial charge in [-0.05, 0) is 190 Å². The van der Waals surface area contributed by atoms with Crippen molar-refractivity contribution in [1.29, 1.82) is 0 Å². The molecule has 2 nitrogen and oxygen atoms in total. The van der Waals surface area contributed by atoms with Crippen LogP contribution in [0.3, 0.4) is 0 Å². The lowest BCUT2D eigenvalue weighted by atomic mass is 9.76. The molecule has 0 radical (unpaired) electrons. The smallest absolute Gasteiger partial charge is 0.143 e. The number of rotatable bonds is 43. The van der Waals surface area contributed by atoms with Gasteiger partial charge in [0.25, 0.3) is 0 Å². The molecule has 0 aliphatic rings. The van der Waals surface area contributed by atoms with Crippen molar-refractivity contribution in [3.63, 3.8) is 0 Å². The zero-order valence-corrected chi connectivity index (χ0v) is 72.2. The van der Waals surface area contributed by atoms with E-state index >= 15 is 10.2 Å². The Kier molecular flexibility index (Phi) is 30.3. The van der Waals surface area contributed by atoms with E-state index in [-0.39, 0.29) is 0 Å². The first kappa shape index (κ1) is 81.3. The fraction of sp³-hybridized carbons (Fsp3) is 0.565. The molecular formula is C92H132O2S5Si2. The minimum Gasteiger partial charge on any atom is -0.376 e. The van der Waals surface area contributed by atoms with E-state index in [0.29, 0.717) is 16.6 Å². The first-order valence-electron chi connectivity index (χ1n) is 40.7. The van der Waals surface area contributed by atoms with Crippen molar-refractivity contribution in [3.05, 3.63) is 175 Å². The van der Waals surface area contributed by atoms with Gasteiger partial charge in [0.15, 0.2) is 0 Å². The lowest BCUT2D eigenvalue weighted by Gasteiger charge is -2.42. The third kappa shape index (κ3) is 19.2. The zero-order valence-electron chi connectivity index (χ0n) is 66.1. The topological polar surface area (TPSA) is 40.5 Å². The van der Waals surface area contributed by atoms with Gasteiger partial charge in [-0.3, -0.25) is 0 Å². The third-order valence-electron chi connectivity index (χ3n) is 22.5. The van der Waals surface area contributed by atoms with Crippen LogP contribution in [0.2, 0.25) is 36.3 Å². The lowest BCUT2D eigenvalue weighted by Crippen LogP contribution is -2.54. The summed E-state index contributed by atoms with van der Waals surface area (Å²) in [6, 6.07) is 39.3. The van der Waals surface area contributed by atoms with Crippen LogP contribution in [0.25, 0.3) is 38.3 Å². The highest BCUT2D eigenvalue weighted by molar-refractivity contribution is 7.39. The maximum atomic E-state index is 15.9. The molecule has 4 aromatic carbocycles. The van der Waals surface area contributed by atoms with Crippen LogP contribution in [0.15, 0.2) is 97.1 Å². The van der Waals surface area contributed by atoms with Crippen molar-refractivity contribution in [2.24, 2.45) is 0 Å². The van der Waals surface area contributed by atoms with Crippen molar-refractivity contribution in [2.45, 2.75) is 337 Å². The van der Waals surface area contributed by atoms with Gasteiger partial charge in [-0.15, -0.1) is 56.7 Å². The van der Waals surface area contributed by atoms with Crippen LogP contribution in [-0.2, 0) is 49.7 Å². The summed E-state index contributed by atoms with van der Waals surface area (Å²) in [5.41, 5.74) is 14.9. The lowest BCUT2D eigenvalue weighted by molar-refractivity contribution is 0.127. The van der Waals surface area contributed by atoms with Crippen LogP contribution >= 0.6 is 56.7 Å². The summed E-state index contributed by atoms with van der Waals surface area (Å²) in [6.45, 7) is 41.0. The average Bonchev–Trinajstić information content (AvgIpc) is 1.54. The fourth-order valence-corrected chi connectivity index (χ4v) is 34.9. The molecule has 0 saturated carbocycles. The fourth-order valence-electron chi connectivity index (χ4n) is 17.2. The molecule has 550 valence electrons. The Balaban J connectivity index is 1.50. The first-order chi connectivity index (χ1) is 48.5. The summed E-state index contributed by atoms with van der Waals surface area (Å²) in [5.74, 6) is 0. The number of benzene rings is 4. The van der Waals surface area contributed by atoms with Gasteiger partial charge in [-0.25, -0.2) is 0 Å². The maximum absolute atomic E-state index is 15.9. The average molecular weight is 1490 g/mol. The van der Waals surface area contributed by atoms with Crippen LogP contribution in [0.5, 0.6) is 0 Å². The van der Waals surface area contributed by atoms with Gasteiger partial charge >= 0.3 is 0 Å². The van der Waals surface area contributed by atoms with Gasteiger partial charge in [0.1, 0.15) is 19.3 Å². The minimum absolute atomic E-state index is 0.603. The number of hydrogen-bond acceptors (Lipinski definition) is 7. The van der Waals surface area contributed by atoms with E-state index in [9.17, 15) is 0 Å². The third-order valence-corrected chi connectivity index (χ3v) is 40.3. The molecule has 101 heavy (non-hydrogen) atoms. The number of fused-ring (bicyclic) bond motifs is 2. The van der Waals surface area contributed by atoms with Crippen molar-refractivity contribution in [2.75, 3.05) is 0 Å². The number of unbranched alkanes of at least 4 members (excludes halogenated alkanes) is 18. The van der Waals surface area contributed by atoms with E-state index in [0.717, 1.165) is 130 Å². The quantitative estimate of drug-likeness (QED) is 0.0295. The Hall–Kier alpha value is -3.75. The molecule has 0 aliphatic heterocycles. The Morgan fingerprint density at radius 1 is 0.327 bits per heavy atom. The summed E-state index contributed by atoms with van der Waals surface area (Å²) in [4.78, 5) is 4.71. The largest absolute Gasteiger partial charge is 0.376 e. The van der Waals surface area contributed by atoms with E-state index in [2.05, 4.69) is 225 Å². The van der Waals surface area contributed by atoms with Crippen molar-refractivity contribution in [1.82, 2.24) is 0 Å². The highest BCUT2D eigenvalue weighted by atomic mass is 32.1. The molecule has 0 bridgehead atoms. The summed E-state index contributed by atoms with van der Waals surface area (Å²) in [7, 11) is -3.80. The minimum atomic E-state index is -1.99. The van der Waals surface area contributed by atoms with Crippen LogP contribution in [0, 0.1) is 13.8 Å². The molecule has 5 heterocycles. The molecule has 9 aromatic rings. The molecular weight excluding hydrogens is 1350 g/mol. The molecule has 0 aliphatic carbocycles. The first-order valence-corrected chi connectivity index (χ1v) is 50.5. The molecule has 0 spiro atoms. The van der Waals surface area contributed by atoms with Crippen LogP contribution in [0.1, 0.15) is 315 Å². The molecule has 2 N–H and O–H groups in total. The van der Waals surface area contributed by atoms with E-state index < -0.39 is 27.3 Å². The maximum Gasteiger partial charge on any atom is 0.143 e. The molecule has 9 heteroatoms. The predicted molar refractivity (Wildman–Crippen MR) is 462 cm³/mol. The Morgan fingerprint density at radius 2 is 0.644 bits per heavy atom. The second-order valence-corrected chi connectivity index (χ2v) is 49.7. The number of thiophene rings is 5. The zero-order chi connectivity index (χ0) is 72.7. The summed E-state index contributed by atoms with van der Waals surface area (Å²) < 4.78 is 8.04. The molecule has 0 fully saturated rings. The van der Waals surface area contributed by atoms with Gasteiger partial charge in [0.2, 0.25) is 0 Å². The van der Waals surface area contributed by atoms with Crippen molar-refractivity contribution >= 4 is 101 Å². The number of aryl methyl sites for hydroxylation is 8. The SMILES string of the molecule is CCCCCCc1cc(C)cc(C(O)(c2cc(CCCCCC)cc(CCCCCC)c2)c2c(-c3ccc([Si](C)(C)C)s3)sc3c(C(O)(c4cc(C)cc(CCCCCC)c4)c4cc(CCCCCC)cc(CCCCCC)c4)c(-c4cc5sc([Si](C(C)C)(C(C)C)C(C)C)cc5s4)sc23)c1. The molecule has 2 unspecified atom stereocenters. The summed E-state index contributed by atoms with van der Waals surface area (Å²) in [5, 5.41) is 31.8. The van der Waals surface area contributed by atoms with Crippen LogP contribution in [0.4, 0.5) is 0 Å². The van der Waals surface area contributed by atoms with E-state index in [1.165, 1.54) is 184 Å². The molecule has 0 amide bonds. The predicted octanol–water partition coefficient (Wildman–Crippen LogP) is 29.0. The number of aliphatic hydroxyl groups is 2. The molecule has 9 rings (SSSR count). The molecule has 5 aromatic heterocycles. The summed E-state index contributed by atoms with van der Waals surface area (Å²) >= 11 is 9.76. The van der Waals surface area contributed by atoms with Gasteiger partial charge in [0.05, 0.1) is 27.2 Å². The van der Waals surface area contributed by atoms with Gasteiger partial charge in [0, 0.05) is 30.3 Å². The normalized spacial score (nSPS) is 13.7. The Bertz CT molecular complexity index is 3950. The highest BCUT2D eigenvalue weighted by Crippen LogP contribution is 2.60. The number of hydrogen-bond donors (Lipinski definition) is 2. The van der Waals surface area contributed by atoms with Gasteiger partial charge < -0.3 is 10.2 Å². The molecule has 2 atom stereocenters. The van der Waals surface area contributed by atoms with Gasteiger partial charge in [-0.2, -0.15) is 0 Å². The Morgan fingerprint density at radius 3 is 0.950 bits per heavy atom. The van der Waals surface area contributed by atoms with Crippen molar-refractivity contribution in [3.8, 4) is 19.5 Å². The Labute approximate surface area is 637 Å². The second kappa shape index (κ2) is 37.7. The van der Waals surface area contributed by atoms with E-state index in [1.54, 1.807) is 4.50 Å². The van der Waals surface area contributed by atoms with E-state index in [4.69, 9.17) is 0 Å². The van der Waals surface area contributed by atoms with Crippen LogP contribution in [-0.4, -0.2) is 26.4 Å². The standard InChI is InChI=1S/C92H132O2S5Si2/c1-18-24-30-36-42-69-50-67(13)52-75(56-69)91(93,77-58-71(44-38-32-26-20-3)54-72(59-77)45-39-33-27-21-4)85-87(79-48-49-83(96-79)100(15,16)17)98-90-86(88(99-89(85)90)82-62-80-81(95-82)63-84(97-80)101(64(7)8,65(9)10)66(11)12)92(94,76-53-68(14)51-70(57-76)43-37-31-25-19-2)78-60-73(46-40-34-28-22-5)55-74(61-78)47-41-35-29-23-6/h48-66,93-94H,18-47H2,1-17H3. The monoisotopic (exact) mass is 1480 g/mol. The summed E-state index contributed by atoms with van der Waals surface area (Å²) in [6.07, 6.45) is 34.4. The second-order valence-electron chi connectivity index (χ2n) is 32.8. The van der Waals surface area contributed by atoms with Crippen molar-refractivity contribution < 1.29 is 10.2 Å².